The molecule has 0 aromatic rings. The highest BCUT2D eigenvalue weighted by Crippen LogP contribution is 2.13. The lowest BCUT2D eigenvalue weighted by atomic mass is 10.1. The van der Waals surface area contributed by atoms with E-state index in [2.05, 4.69) is 29.4 Å². The van der Waals surface area contributed by atoms with Gasteiger partial charge in [-0.1, -0.05) is 0 Å². The minimum Gasteiger partial charge on any atom is -0.356 e. The minimum absolute atomic E-state index is 0.155. The summed E-state index contributed by atoms with van der Waals surface area (Å²) in [6, 6.07) is 1.24. The summed E-state index contributed by atoms with van der Waals surface area (Å²) in [6.45, 7) is 10.4. The number of hydrogen-bond acceptors (Lipinski definition) is 3. The van der Waals surface area contributed by atoms with Gasteiger partial charge >= 0.3 is 0 Å². The van der Waals surface area contributed by atoms with E-state index < -0.39 is 0 Å². The van der Waals surface area contributed by atoms with Crippen molar-refractivity contribution in [3.05, 3.63) is 0 Å². The molecule has 0 bridgehead atoms. The molecule has 1 aliphatic heterocycles. The molecule has 0 aliphatic carbocycles. The molecule has 1 amide bonds. The Bertz CT molecular complexity index is 243. The molecule has 4 heteroatoms. The van der Waals surface area contributed by atoms with E-state index >= 15 is 0 Å². The molecule has 0 aromatic carbocycles. The van der Waals surface area contributed by atoms with Gasteiger partial charge in [-0.15, -0.1) is 0 Å². The summed E-state index contributed by atoms with van der Waals surface area (Å²) in [5.41, 5.74) is 0. The molecule has 4 nitrogen and oxygen atoms in total. The van der Waals surface area contributed by atoms with E-state index in [-0.39, 0.29) is 5.91 Å². The van der Waals surface area contributed by atoms with Crippen LogP contribution in [-0.2, 0) is 4.79 Å². The fourth-order valence-electron chi connectivity index (χ4n) is 2.51. The molecular formula is C14H29N3O. The maximum atomic E-state index is 11.3. The molecule has 0 saturated carbocycles. The molecule has 106 valence electrons. The van der Waals surface area contributed by atoms with E-state index in [0.717, 1.165) is 13.1 Å². The number of nitrogens with one attached hydrogen (secondary N) is 2. The monoisotopic (exact) mass is 255 g/mol. The van der Waals surface area contributed by atoms with Gasteiger partial charge in [-0.25, -0.2) is 0 Å². The van der Waals surface area contributed by atoms with Crippen LogP contribution in [0.1, 0.15) is 46.5 Å². The van der Waals surface area contributed by atoms with Crippen LogP contribution in [0, 0.1) is 0 Å². The van der Waals surface area contributed by atoms with Crippen LogP contribution in [0.25, 0.3) is 0 Å². The van der Waals surface area contributed by atoms with Gasteiger partial charge in [-0.3, -0.25) is 4.79 Å². The van der Waals surface area contributed by atoms with Crippen molar-refractivity contribution in [2.75, 3.05) is 26.2 Å². The summed E-state index contributed by atoms with van der Waals surface area (Å²) in [4.78, 5) is 13.9. The zero-order valence-electron chi connectivity index (χ0n) is 12.2. The van der Waals surface area contributed by atoms with Crippen LogP contribution in [0.4, 0.5) is 0 Å². The van der Waals surface area contributed by atoms with Gasteiger partial charge in [-0.05, 0) is 53.1 Å². The van der Waals surface area contributed by atoms with Gasteiger partial charge in [0.25, 0.3) is 0 Å². The van der Waals surface area contributed by atoms with Gasteiger partial charge in [0.15, 0.2) is 0 Å². The van der Waals surface area contributed by atoms with Crippen LogP contribution in [0.2, 0.25) is 0 Å². The van der Waals surface area contributed by atoms with E-state index in [0.29, 0.717) is 18.5 Å². The Kier molecular flexibility index (Phi) is 7.28. The van der Waals surface area contributed by atoms with E-state index in [1.54, 1.807) is 0 Å². The van der Waals surface area contributed by atoms with Gasteiger partial charge in [0.05, 0.1) is 0 Å². The van der Waals surface area contributed by atoms with Gasteiger partial charge in [0.2, 0.25) is 5.91 Å². The van der Waals surface area contributed by atoms with Gasteiger partial charge in [0, 0.05) is 31.6 Å². The molecule has 1 rings (SSSR count). The summed E-state index contributed by atoms with van der Waals surface area (Å²) in [5, 5.41) is 6.35. The lowest BCUT2D eigenvalue weighted by molar-refractivity contribution is -0.120. The SMILES string of the molecule is CCNC(=O)CCNC1CCCN(C(C)C)CC1. The zero-order valence-corrected chi connectivity index (χ0v) is 12.2. The first-order valence-electron chi connectivity index (χ1n) is 7.37. The number of nitrogens with zero attached hydrogens (tertiary/aromatic N) is 1. The predicted molar refractivity (Wildman–Crippen MR) is 75.7 cm³/mol. The number of rotatable bonds is 6. The Hall–Kier alpha value is -0.610. The van der Waals surface area contributed by atoms with Crippen molar-refractivity contribution in [3.63, 3.8) is 0 Å². The number of carbonyl (C=O) groups is 1. The van der Waals surface area contributed by atoms with Crippen molar-refractivity contribution >= 4 is 5.91 Å². The van der Waals surface area contributed by atoms with E-state index in [4.69, 9.17) is 0 Å². The first-order chi connectivity index (χ1) is 8.63. The third-order valence-electron chi connectivity index (χ3n) is 3.65. The molecule has 1 aliphatic rings. The number of likely N-dealkylation sites (tertiary alicyclic amines) is 1. The highest BCUT2D eigenvalue weighted by molar-refractivity contribution is 5.75. The molecule has 1 saturated heterocycles. The number of amides is 1. The fourth-order valence-corrected chi connectivity index (χ4v) is 2.51. The van der Waals surface area contributed by atoms with Crippen molar-refractivity contribution in [2.24, 2.45) is 0 Å². The molecule has 18 heavy (non-hydrogen) atoms. The summed E-state index contributed by atoms with van der Waals surface area (Å²) in [5.74, 6) is 0.155. The standard InChI is InChI=1S/C14H29N3O/c1-4-15-14(18)7-9-16-13-6-5-10-17(11-8-13)12(2)3/h12-13,16H,4-11H2,1-3H3,(H,15,18). The molecule has 0 spiro atoms. The van der Waals surface area contributed by atoms with Crippen LogP contribution in [0.3, 0.4) is 0 Å². The highest BCUT2D eigenvalue weighted by atomic mass is 16.1. The van der Waals surface area contributed by atoms with E-state index in [1.807, 2.05) is 6.92 Å². The van der Waals surface area contributed by atoms with Crippen molar-refractivity contribution in [1.29, 1.82) is 0 Å². The Labute approximate surface area is 111 Å². The molecule has 1 unspecified atom stereocenters. The quantitative estimate of drug-likeness (QED) is 0.753. The average Bonchev–Trinajstić information content (AvgIpc) is 2.55. The second kappa shape index (κ2) is 8.48. The topological polar surface area (TPSA) is 44.4 Å². The molecule has 0 radical (unpaired) electrons. The second-order valence-corrected chi connectivity index (χ2v) is 5.42. The zero-order chi connectivity index (χ0) is 13.4. The largest absolute Gasteiger partial charge is 0.356 e. The van der Waals surface area contributed by atoms with Crippen LogP contribution < -0.4 is 10.6 Å². The van der Waals surface area contributed by atoms with Crippen LogP contribution >= 0.6 is 0 Å². The molecule has 1 fully saturated rings. The summed E-state index contributed by atoms with van der Waals surface area (Å²) in [7, 11) is 0. The third kappa shape index (κ3) is 5.83. The molecule has 2 N–H and O–H groups in total. The molecule has 0 aromatic heterocycles. The van der Waals surface area contributed by atoms with Gasteiger partial charge < -0.3 is 15.5 Å². The summed E-state index contributed by atoms with van der Waals surface area (Å²) >= 11 is 0. The lowest BCUT2D eigenvalue weighted by Crippen LogP contribution is -2.35. The Morgan fingerprint density at radius 2 is 2.11 bits per heavy atom. The second-order valence-electron chi connectivity index (χ2n) is 5.42. The van der Waals surface area contributed by atoms with Crippen molar-refractivity contribution < 1.29 is 4.79 Å². The van der Waals surface area contributed by atoms with Crippen molar-refractivity contribution in [1.82, 2.24) is 15.5 Å². The molecule has 1 atom stereocenters. The average molecular weight is 255 g/mol. The normalized spacial score (nSPS) is 21.9. The number of hydrogen-bond donors (Lipinski definition) is 2. The van der Waals surface area contributed by atoms with E-state index in [1.165, 1.54) is 32.4 Å². The van der Waals surface area contributed by atoms with E-state index in [9.17, 15) is 4.79 Å². The van der Waals surface area contributed by atoms with Gasteiger partial charge in [-0.2, -0.15) is 0 Å². The van der Waals surface area contributed by atoms with Gasteiger partial charge in [0.1, 0.15) is 0 Å². The Balaban J connectivity index is 2.17. The first kappa shape index (κ1) is 15.4. The number of carbonyl (C=O) groups excluding carboxylic acids is 1. The lowest BCUT2D eigenvalue weighted by Gasteiger charge is -2.24. The van der Waals surface area contributed by atoms with Crippen molar-refractivity contribution in [2.45, 2.75) is 58.5 Å². The highest BCUT2D eigenvalue weighted by Gasteiger charge is 2.18. The smallest absolute Gasteiger partial charge is 0.221 e. The summed E-state index contributed by atoms with van der Waals surface area (Å²) in [6.07, 6.45) is 4.29. The third-order valence-corrected chi connectivity index (χ3v) is 3.65. The maximum Gasteiger partial charge on any atom is 0.221 e. The fraction of sp³-hybridized carbons (Fsp3) is 0.929. The Morgan fingerprint density at radius 3 is 2.78 bits per heavy atom. The maximum absolute atomic E-state index is 11.3. The van der Waals surface area contributed by atoms with Crippen LogP contribution in [-0.4, -0.2) is 49.1 Å². The molecular weight excluding hydrogens is 226 g/mol. The van der Waals surface area contributed by atoms with Crippen LogP contribution in [0.15, 0.2) is 0 Å². The Morgan fingerprint density at radius 1 is 1.33 bits per heavy atom. The summed E-state index contributed by atoms with van der Waals surface area (Å²) < 4.78 is 0. The van der Waals surface area contributed by atoms with Crippen molar-refractivity contribution in [3.8, 4) is 0 Å². The van der Waals surface area contributed by atoms with Crippen LogP contribution in [0.5, 0.6) is 0 Å². The predicted octanol–water partition coefficient (Wildman–Crippen LogP) is 1.37. The molecule has 1 heterocycles. The first-order valence-corrected chi connectivity index (χ1v) is 7.37. The minimum atomic E-state index is 0.155.